The number of hydrogen-bond acceptors (Lipinski definition) is 9. The van der Waals surface area contributed by atoms with Gasteiger partial charge in [0.2, 0.25) is 0 Å². The first kappa shape index (κ1) is 36.1. The summed E-state index contributed by atoms with van der Waals surface area (Å²) in [6.45, 7) is 3.86. The first-order chi connectivity index (χ1) is 18.6. The molecule has 1 unspecified atom stereocenters. The van der Waals surface area contributed by atoms with Gasteiger partial charge in [0.15, 0.2) is 0 Å². The van der Waals surface area contributed by atoms with Crippen LogP contribution < -0.4 is 4.74 Å². The van der Waals surface area contributed by atoms with Gasteiger partial charge in [0.25, 0.3) is 0 Å². The van der Waals surface area contributed by atoms with E-state index < -0.39 is 29.9 Å². The molecule has 13 nitrogen and oxygen atoms in total. The molecule has 1 aliphatic heterocycles. The van der Waals surface area contributed by atoms with Crippen molar-refractivity contribution < 1.29 is 84.3 Å². The van der Waals surface area contributed by atoms with Crippen molar-refractivity contribution in [2.24, 2.45) is 0 Å². The Balaban J connectivity index is 0.00000800. The second-order valence-corrected chi connectivity index (χ2v) is 9.60. The number of hydrogen-bond donors (Lipinski definition) is 4. The van der Waals surface area contributed by atoms with Crippen molar-refractivity contribution in [2.45, 2.75) is 25.8 Å². The van der Waals surface area contributed by atoms with E-state index in [-0.39, 0.29) is 118 Å². The molecule has 40 heavy (non-hydrogen) atoms. The Kier molecular flexibility index (Phi) is 17.4. The van der Waals surface area contributed by atoms with Gasteiger partial charge < -0.3 is 25.2 Å². The molecular weight excluding hydrogens is 670 g/mol. The molecule has 1 atom stereocenters. The number of ether oxygens (including phenoxy) is 1. The predicted molar refractivity (Wildman–Crippen MR) is 141 cm³/mol. The monoisotopic (exact) mass is 710 g/mol. The summed E-state index contributed by atoms with van der Waals surface area (Å²) in [6, 6.07) is 6.32. The zero-order chi connectivity index (χ0) is 28.8. The standard InChI is InChI=1S/C26H40N4O9.Gd/c1-2-15-39-21-5-3-20(4-6-21)16-22(26(37)38)30-13-11-28(18-24(33)34)9-7-27(17-23(31)32)8-10-29(12-14-30)19-25(35)36;/h3-6,22H,2,7-19H2,1H3,(H,31,32)(H,33,34)(H,35,36)(H,37,38);. The summed E-state index contributed by atoms with van der Waals surface area (Å²) in [6.07, 6.45) is 1.07. The van der Waals surface area contributed by atoms with Gasteiger partial charge in [-0.05, 0) is 30.5 Å². The SMILES string of the molecule is CCCOc1ccc(CC(C(=O)O)N2CCN(CC(=O)O)CCN(CC(=O)O)CCN(CC(=O)O)CC2)cc1.[Gd]. The van der Waals surface area contributed by atoms with Crippen molar-refractivity contribution in [3.05, 3.63) is 29.8 Å². The average molecular weight is 710 g/mol. The second kappa shape index (κ2) is 19.2. The Morgan fingerprint density at radius 3 is 1.48 bits per heavy atom. The van der Waals surface area contributed by atoms with Crippen LogP contribution >= 0.6 is 0 Å². The molecule has 1 heterocycles. The van der Waals surface area contributed by atoms with Crippen LogP contribution in [-0.4, -0.2) is 149 Å². The van der Waals surface area contributed by atoms with Crippen molar-refractivity contribution in [3.8, 4) is 5.75 Å². The minimum Gasteiger partial charge on any atom is -0.494 e. The van der Waals surface area contributed by atoms with Crippen LogP contribution in [0.5, 0.6) is 5.75 Å². The number of aliphatic carboxylic acids is 4. The van der Waals surface area contributed by atoms with Crippen LogP contribution in [0.4, 0.5) is 0 Å². The molecule has 1 fully saturated rings. The quantitative estimate of drug-likeness (QED) is 0.215. The molecule has 4 N–H and O–H groups in total. The normalized spacial score (nSPS) is 17.5. The number of carbonyl (C=O) groups is 4. The van der Waals surface area contributed by atoms with E-state index in [1.165, 1.54) is 0 Å². The zero-order valence-electron chi connectivity index (χ0n) is 22.8. The molecule has 0 bridgehead atoms. The predicted octanol–water partition coefficient (Wildman–Crippen LogP) is -0.0535. The Bertz CT molecular complexity index is 919. The molecule has 0 aliphatic carbocycles. The summed E-state index contributed by atoms with van der Waals surface area (Å²) >= 11 is 0. The molecule has 14 heteroatoms. The fourth-order valence-electron chi connectivity index (χ4n) is 4.45. The molecule has 0 amide bonds. The summed E-state index contributed by atoms with van der Waals surface area (Å²) in [7, 11) is 0. The van der Waals surface area contributed by atoms with Gasteiger partial charge in [0, 0.05) is 92.3 Å². The van der Waals surface area contributed by atoms with Crippen LogP contribution in [0.2, 0.25) is 0 Å². The van der Waals surface area contributed by atoms with E-state index in [0.717, 1.165) is 12.0 Å². The van der Waals surface area contributed by atoms with Gasteiger partial charge in [-0.3, -0.25) is 38.8 Å². The van der Waals surface area contributed by atoms with Crippen molar-refractivity contribution in [2.75, 3.05) is 78.6 Å². The topological polar surface area (TPSA) is 171 Å². The number of benzene rings is 1. The van der Waals surface area contributed by atoms with Gasteiger partial charge in [-0.15, -0.1) is 0 Å². The van der Waals surface area contributed by atoms with E-state index in [0.29, 0.717) is 12.4 Å². The molecule has 1 aromatic carbocycles. The third-order valence-corrected chi connectivity index (χ3v) is 6.50. The van der Waals surface area contributed by atoms with Gasteiger partial charge in [-0.25, -0.2) is 0 Å². The molecule has 226 valence electrons. The first-order valence-electron chi connectivity index (χ1n) is 13.1. The fraction of sp³-hybridized carbons (Fsp3) is 0.615. The minimum absolute atomic E-state index is 0. The average Bonchev–Trinajstić information content (AvgIpc) is 2.86. The van der Waals surface area contributed by atoms with E-state index in [9.17, 15) is 39.6 Å². The molecule has 0 radical (unpaired) electrons. The van der Waals surface area contributed by atoms with E-state index in [1.807, 2.05) is 19.1 Å². The second-order valence-electron chi connectivity index (χ2n) is 9.60. The Hall–Kier alpha value is -1.94. The van der Waals surface area contributed by atoms with E-state index in [1.54, 1.807) is 31.7 Å². The maximum absolute atomic E-state index is 12.4. The summed E-state index contributed by atoms with van der Waals surface area (Å²) in [5.41, 5.74) is 0.798. The molecule has 2 rings (SSSR count). The van der Waals surface area contributed by atoms with Gasteiger partial charge >= 0.3 is 23.9 Å². The molecule has 1 aromatic rings. The number of carboxylic acid groups (broad SMARTS) is 4. The number of carboxylic acids is 4. The molecule has 1 aliphatic rings. The van der Waals surface area contributed by atoms with Crippen LogP contribution in [-0.2, 0) is 25.6 Å². The third-order valence-electron chi connectivity index (χ3n) is 6.50. The fourth-order valence-corrected chi connectivity index (χ4v) is 4.45. The van der Waals surface area contributed by atoms with Crippen molar-refractivity contribution in [1.29, 1.82) is 0 Å². The van der Waals surface area contributed by atoms with E-state index in [4.69, 9.17) is 4.74 Å². The van der Waals surface area contributed by atoms with Crippen LogP contribution in [0.1, 0.15) is 18.9 Å². The van der Waals surface area contributed by atoms with Crippen LogP contribution in [0.15, 0.2) is 24.3 Å². The smallest absolute Gasteiger partial charge is 0.321 e. The van der Waals surface area contributed by atoms with Crippen LogP contribution in [0.25, 0.3) is 0 Å². The van der Waals surface area contributed by atoms with E-state index >= 15 is 0 Å². The third kappa shape index (κ3) is 14.1. The van der Waals surface area contributed by atoms with Crippen LogP contribution in [0, 0.1) is 39.9 Å². The molecule has 0 aromatic heterocycles. The van der Waals surface area contributed by atoms with E-state index in [2.05, 4.69) is 0 Å². The van der Waals surface area contributed by atoms with Gasteiger partial charge in [-0.2, -0.15) is 0 Å². The van der Waals surface area contributed by atoms with Crippen molar-refractivity contribution >= 4 is 23.9 Å². The van der Waals surface area contributed by atoms with Gasteiger partial charge in [0.05, 0.1) is 26.2 Å². The summed E-state index contributed by atoms with van der Waals surface area (Å²) in [5.74, 6) is -3.44. The molecule has 0 saturated carbocycles. The zero-order valence-corrected chi connectivity index (χ0v) is 25.0. The minimum atomic E-state index is -1.04. The molecule has 0 spiro atoms. The Morgan fingerprint density at radius 1 is 0.725 bits per heavy atom. The largest absolute Gasteiger partial charge is 0.494 e. The Labute approximate surface area is 266 Å². The van der Waals surface area contributed by atoms with Gasteiger partial charge in [0.1, 0.15) is 11.8 Å². The number of rotatable bonds is 13. The summed E-state index contributed by atoms with van der Waals surface area (Å²) in [4.78, 5) is 53.4. The molecule has 1 saturated heterocycles. The first-order valence-corrected chi connectivity index (χ1v) is 13.1. The molecular formula is C26H40GdN4O9. The van der Waals surface area contributed by atoms with Crippen molar-refractivity contribution in [1.82, 2.24) is 19.6 Å². The maximum Gasteiger partial charge on any atom is 0.321 e. The maximum atomic E-state index is 12.4. The van der Waals surface area contributed by atoms with Crippen LogP contribution in [0.3, 0.4) is 0 Å². The summed E-state index contributed by atoms with van der Waals surface area (Å²) < 4.78 is 5.60. The van der Waals surface area contributed by atoms with Crippen molar-refractivity contribution in [3.63, 3.8) is 0 Å². The summed E-state index contributed by atoms with van der Waals surface area (Å²) in [5, 5.41) is 38.2. The Morgan fingerprint density at radius 2 is 1.12 bits per heavy atom. The van der Waals surface area contributed by atoms with Gasteiger partial charge in [-0.1, -0.05) is 19.1 Å². The number of nitrogens with zero attached hydrogens (tertiary/aromatic N) is 4.